The lowest BCUT2D eigenvalue weighted by molar-refractivity contribution is -0.917. The molecule has 3 rings (SSSR count). The van der Waals surface area contributed by atoms with Gasteiger partial charge in [0.15, 0.2) is 6.04 Å². The maximum atomic E-state index is 12.9. The first-order chi connectivity index (χ1) is 11.8. The van der Waals surface area contributed by atoms with E-state index in [0.717, 1.165) is 28.9 Å². The summed E-state index contributed by atoms with van der Waals surface area (Å²) in [5, 5.41) is 3.04. The monoisotopic (exact) mass is 366 g/mol. The summed E-state index contributed by atoms with van der Waals surface area (Å²) in [5.41, 5.74) is 2.07. The third kappa shape index (κ3) is 4.04. The van der Waals surface area contributed by atoms with Gasteiger partial charge in [-0.2, -0.15) is 4.31 Å². The fourth-order valence-corrected chi connectivity index (χ4v) is 4.74. The molecule has 1 atom stereocenters. The van der Waals surface area contributed by atoms with Gasteiger partial charge in [-0.15, -0.1) is 0 Å². The Hall–Kier alpha value is -1.44. The van der Waals surface area contributed by atoms with Gasteiger partial charge in [-0.25, -0.2) is 8.42 Å². The van der Waals surface area contributed by atoms with Gasteiger partial charge >= 0.3 is 0 Å². The number of carbonyl (C=O) groups is 1. The van der Waals surface area contributed by atoms with Crippen molar-refractivity contribution in [3.63, 3.8) is 0 Å². The number of aryl methyl sites for hydroxylation is 2. The summed E-state index contributed by atoms with van der Waals surface area (Å²) in [5.74, 6) is 0.0861. The molecule has 138 valence electrons. The second-order valence-corrected chi connectivity index (χ2v) is 9.25. The van der Waals surface area contributed by atoms with Crippen LogP contribution in [0.1, 0.15) is 30.9 Å². The average Bonchev–Trinajstić information content (AvgIpc) is 3.40. The van der Waals surface area contributed by atoms with Crippen LogP contribution in [0.25, 0.3) is 0 Å². The summed E-state index contributed by atoms with van der Waals surface area (Å²) in [6.07, 6.45) is 2.16. The Morgan fingerprint density at radius 3 is 2.40 bits per heavy atom. The van der Waals surface area contributed by atoms with Crippen LogP contribution in [0.3, 0.4) is 0 Å². The van der Waals surface area contributed by atoms with Gasteiger partial charge in [-0.05, 0) is 56.9 Å². The standard InChI is InChI=1S/C18H27N3O3S/c1-13-4-7-17(12-14(13)2)25(23,24)21-10-8-20(9-11-21)15(3)18(22)19-16-5-6-16/h4,7,12,15-16H,5-6,8-11H2,1-3H3,(H,19,22)/p+1/t15-/m1/s1. The number of amides is 1. The van der Waals surface area contributed by atoms with Gasteiger partial charge < -0.3 is 10.2 Å². The van der Waals surface area contributed by atoms with E-state index in [0.29, 0.717) is 37.1 Å². The molecule has 1 aromatic rings. The van der Waals surface area contributed by atoms with E-state index in [2.05, 4.69) is 5.32 Å². The average molecular weight is 367 g/mol. The Labute approximate surface area is 150 Å². The van der Waals surface area contributed by atoms with Gasteiger partial charge in [0.2, 0.25) is 10.0 Å². The van der Waals surface area contributed by atoms with Crippen LogP contribution in [-0.2, 0) is 14.8 Å². The van der Waals surface area contributed by atoms with E-state index in [9.17, 15) is 13.2 Å². The third-order valence-corrected chi connectivity index (χ3v) is 7.30. The van der Waals surface area contributed by atoms with Gasteiger partial charge in [0.25, 0.3) is 5.91 Å². The van der Waals surface area contributed by atoms with E-state index in [-0.39, 0.29) is 11.9 Å². The lowest BCUT2D eigenvalue weighted by Gasteiger charge is -2.34. The molecule has 1 amide bonds. The van der Waals surface area contributed by atoms with E-state index < -0.39 is 10.0 Å². The van der Waals surface area contributed by atoms with Crippen molar-refractivity contribution in [2.45, 2.75) is 50.6 Å². The second kappa shape index (κ2) is 7.05. The molecule has 0 unspecified atom stereocenters. The molecule has 1 saturated heterocycles. The van der Waals surface area contributed by atoms with Gasteiger partial charge in [-0.1, -0.05) is 6.07 Å². The van der Waals surface area contributed by atoms with Crippen LogP contribution in [0, 0.1) is 13.8 Å². The van der Waals surface area contributed by atoms with Crippen molar-refractivity contribution < 1.29 is 18.1 Å². The molecule has 1 heterocycles. The number of benzene rings is 1. The molecule has 1 saturated carbocycles. The molecular formula is C18H28N3O3S+. The second-order valence-electron chi connectivity index (χ2n) is 7.31. The molecule has 1 aliphatic heterocycles. The number of hydrogen-bond donors (Lipinski definition) is 2. The van der Waals surface area contributed by atoms with E-state index in [1.54, 1.807) is 16.4 Å². The molecule has 2 aliphatic rings. The summed E-state index contributed by atoms with van der Waals surface area (Å²) >= 11 is 0. The van der Waals surface area contributed by atoms with Crippen LogP contribution < -0.4 is 10.2 Å². The molecule has 0 aromatic heterocycles. The SMILES string of the molecule is Cc1ccc(S(=O)(=O)N2CC[NH+]([C@H](C)C(=O)NC3CC3)CC2)cc1C. The highest BCUT2D eigenvalue weighted by Gasteiger charge is 2.35. The topological polar surface area (TPSA) is 70.9 Å². The molecule has 0 bridgehead atoms. The highest BCUT2D eigenvalue weighted by Crippen LogP contribution is 2.20. The van der Waals surface area contributed by atoms with Crippen LogP contribution in [0.2, 0.25) is 0 Å². The smallest absolute Gasteiger partial charge is 0.278 e. The van der Waals surface area contributed by atoms with Crippen molar-refractivity contribution in [1.29, 1.82) is 0 Å². The number of nitrogens with zero attached hydrogens (tertiary/aromatic N) is 1. The Morgan fingerprint density at radius 2 is 1.84 bits per heavy atom. The zero-order valence-corrected chi connectivity index (χ0v) is 16.0. The fraction of sp³-hybridized carbons (Fsp3) is 0.611. The molecule has 2 fully saturated rings. The molecule has 1 aliphatic carbocycles. The van der Waals surface area contributed by atoms with Gasteiger partial charge in [-0.3, -0.25) is 4.79 Å². The van der Waals surface area contributed by atoms with Crippen molar-refractivity contribution in [2.75, 3.05) is 26.2 Å². The number of nitrogens with one attached hydrogen (secondary N) is 2. The fourth-order valence-electron chi connectivity index (χ4n) is 3.21. The molecule has 0 spiro atoms. The number of hydrogen-bond acceptors (Lipinski definition) is 3. The van der Waals surface area contributed by atoms with E-state index in [1.807, 2.05) is 26.8 Å². The predicted molar refractivity (Wildman–Crippen MR) is 96.0 cm³/mol. The van der Waals surface area contributed by atoms with E-state index in [4.69, 9.17) is 0 Å². The van der Waals surface area contributed by atoms with Crippen molar-refractivity contribution in [2.24, 2.45) is 0 Å². The third-order valence-electron chi connectivity index (χ3n) is 5.41. The highest BCUT2D eigenvalue weighted by molar-refractivity contribution is 7.89. The highest BCUT2D eigenvalue weighted by atomic mass is 32.2. The van der Waals surface area contributed by atoms with Crippen LogP contribution in [0.4, 0.5) is 0 Å². The van der Waals surface area contributed by atoms with Crippen LogP contribution in [0.5, 0.6) is 0 Å². The first-order valence-electron chi connectivity index (χ1n) is 9.01. The zero-order chi connectivity index (χ0) is 18.2. The number of carbonyl (C=O) groups excluding carboxylic acids is 1. The maximum absolute atomic E-state index is 12.9. The number of sulfonamides is 1. The molecule has 1 aromatic carbocycles. The lowest BCUT2D eigenvalue weighted by Crippen LogP contribution is -3.19. The van der Waals surface area contributed by atoms with Crippen molar-refractivity contribution >= 4 is 15.9 Å². The summed E-state index contributed by atoms with van der Waals surface area (Å²) in [7, 11) is -3.46. The largest absolute Gasteiger partial charge is 0.348 e. The van der Waals surface area contributed by atoms with Crippen molar-refractivity contribution in [3.05, 3.63) is 29.3 Å². The number of piperazine rings is 1. The Morgan fingerprint density at radius 1 is 1.20 bits per heavy atom. The molecule has 6 nitrogen and oxygen atoms in total. The summed E-state index contributed by atoms with van der Waals surface area (Å²) in [6.45, 7) is 8.04. The van der Waals surface area contributed by atoms with E-state index >= 15 is 0 Å². The van der Waals surface area contributed by atoms with Crippen LogP contribution >= 0.6 is 0 Å². The Balaban J connectivity index is 1.62. The van der Waals surface area contributed by atoms with Crippen molar-refractivity contribution in [1.82, 2.24) is 9.62 Å². The first kappa shape index (κ1) is 18.4. The molecular weight excluding hydrogens is 338 g/mol. The Kier molecular flexibility index (Phi) is 5.18. The first-order valence-corrected chi connectivity index (χ1v) is 10.5. The summed E-state index contributed by atoms with van der Waals surface area (Å²) in [4.78, 5) is 13.7. The van der Waals surface area contributed by atoms with Crippen molar-refractivity contribution in [3.8, 4) is 0 Å². The summed E-state index contributed by atoms with van der Waals surface area (Å²) < 4.78 is 27.3. The normalized spacial score (nSPS) is 21.1. The quantitative estimate of drug-likeness (QED) is 0.762. The number of quaternary nitrogens is 1. The van der Waals surface area contributed by atoms with Crippen LogP contribution in [0.15, 0.2) is 23.1 Å². The lowest BCUT2D eigenvalue weighted by atomic mass is 10.1. The molecule has 7 heteroatoms. The maximum Gasteiger partial charge on any atom is 0.278 e. The van der Waals surface area contributed by atoms with Gasteiger partial charge in [0.1, 0.15) is 0 Å². The Bertz CT molecular complexity index is 751. The van der Waals surface area contributed by atoms with E-state index in [1.165, 1.54) is 0 Å². The summed E-state index contributed by atoms with van der Waals surface area (Å²) in [6, 6.07) is 5.51. The minimum atomic E-state index is -3.46. The predicted octanol–water partition coefficient (Wildman–Crippen LogP) is -0.140. The minimum Gasteiger partial charge on any atom is -0.348 e. The van der Waals surface area contributed by atoms with Gasteiger partial charge in [0.05, 0.1) is 31.1 Å². The molecule has 2 N–H and O–H groups in total. The zero-order valence-electron chi connectivity index (χ0n) is 15.2. The number of rotatable bonds is 5. The molecule has 0 radical (unpaired) electrons. The van der Waals surface area contributed by atoms with Crippen LogP contribution in [-0.4, -0.2) is 56.9 Å². The minimum absolute atomic E-state index is 0.0861. The molecule has 25 heavy (non-hydrogen) atoms. The van der Waals surface area contributed by atoms with Gasteiger partial charge in [0, 0.05) is 6.04 Å².